The van der Waals surface area contributed by atoms with Gasteiger partial charge in [0.2, 0.25) is 0 Å². The van der Waals surface area contributed by atoms with E-state index >= 15 is 0 Å². The fourth-order valence-electron chi connectivity index (χ4n) is 3.52. The number of halogens is 3. The Balaban J connectivity index is 1.77. The fourth-order valence-corrected chi connectivity index (χ4v) is 3.52. The summed E-state index contributed by atoms with van der Waals surface area (Å²) >= 11 is 0. The lowest BCUT2D eigenvalue weighted by atomic mass is 10.0. The van der Waals surface area contributed by atoms with Crippen LogP contribution in [0.4, 0.5) is 18.9 Å². The van der Waals surface area contributed by atoms with Gasteiger partial charge in [-0.25, -0.2) is 0 Å². The molecule has 162 valence electrons. The molecule has 0 atom stereocenters. The Labute approximate surface area is 175 Å². The van der Waals surface area contributed by atoms with Crippen LogP contribution >= 0.6 is 0 Å². The van der Waals surface area contributed by atoms with Crippen molar-refractivity contribution >= 4 is 11.6 Å². The molecule has 0 radical (unpaired) electrons. The van der Waals surface area contributed by atoms with Crippen molar-refractivity contribution in [2.24, 2.45) is 0 Å². The molecule has 7 heteroatoms. The van der Waals surface area contributed by atoms with Crippen molar-refractivity contribution < 1.29 is 18.0 Å². The maximum Gasteiger partial charge on any atom is 0.416 e. The number of nitrogens with one attached hydrogen (secondary N) is 1. The highest BCUT2D eigenvalue weighted by molar-refractivity contribution is 6.04. The first-order chi connectivity index (χ1) is 14.1. The molecule has 1 N–H and O–H groups in total. The molecule has 2 aromatic carbocycles. The highest BCUT2D eigenvalue weighted by atomic mass is 19.4. The van der Waals surface area contributed by atoms with Crippen LogP contribution in [0.2, 0.25) is 0 Å². The summed E-state index contributed by atoms with van der Waals surface area (Å²) in [5.41, 5.74) is 1.13. The Hall–Kier alpha value is -2.38. The van der Waals surface area contributed by atoms with Crippen LogP contribution < -0.4 is 5.32 Å². The molecule has 1 saturated heterocycles. The van der Waals surface area contributed by atoms with Gasteiger partial charge in [-0.3, -0.25) is 9.69 Å². The van der Waals surface area contributed by atoms with Crippen LogP contribution in [-0.2, 0) is 12.7 Å². The van der Waals surface area contributed by atoms with Gasteiger partial charge in [0.1, 0.15) is 0 Å². The first-order valence-electron chi connectivity index (χ1n) is 10.2. The third-order valence-corrected chi connectivity index (χ3v) is 5.50. The fraction of sp³-hybridized carbons (Fsp3) is 0.435. The van der Waals surface area contributed by atoms with E-state index < -0.39 is 17.6 Å². The molecule has 1 fully saturated rings. The second-order valence-corrected chi connectivity index (χ2v) is 8.18. The van der Waals surface area contributed by atoms with Crippen molar-refractivity contribution in [3.05, 3.63) is 64.7 Å². The number of hydrogen-bond donors (Lipinski definition) is 1. The molecule has 4 nitrogen and oxygen atoms in total. The summed E-state index contributed by atoms with van der Waals surface area (Å²) in [6.45, 7) is 7.47. The van der Waals surface area contributed by atoms with Gasteiger partial charge in [-0.15, -0.1) is 0 Å². The zero-order chi connectivity index (χ0) is 21.9. The second kappa shape index (κ2) is 9.18. The largest absolute Gasteiger partial charge is 0.416 e. The van der Waals surface area contributed by atoms with Crippen molar-refractivity contribution in [1.82, 2.24) is 9.80 Å². The number of carbonyl (C=O) groups excluding carboxylic acids is 1. The number of benzene rings is 2. The summed E-state index contributed by atoms with van der Waals surface area (Å²) in [5.74, 6) is -0.194. The third kappa shape index (κ3) is 5.61. The van der Waals surface area contributed by atoms with Crippen molar-refractivity contribution in [1.29, 1.82) is 0 Å². The minimum Gasteiger partial charge on any atom is -0.322 e. The lowest BCUT2D eigenvalue weighted by molar-refractivity contribution is -0.138. The molecule has 0 spiro atoms. The molecule has 1 aliphatic rings. The van der Waals surface area contributed by atoms with Gasteiger partial charge in [0, 0.05) is 44.0 Å². The number of likely N-dealkylation sites (N-methyl/N-ethyl adjacent to an activating group) is 1. The summed E-state index contributed by atoms with van der Waals surface area (Å²) in [6.07, 6.45) is -4.52. The van der Waals surface area contributed by atoms with Crippen LogP contribution in [-0.4, -0.2) is 48.9 Å². The van der Waals surface area contributed by atoms with E-state index in [1.54, 1.807) is 12.1 Å². The van der Waals surface area contributed by atoms with Crippen LogP contribution in [0, 0.1) is 0 Å². The number of amides is 1. The van der Waals surface area contributed by atoms with E-state index in [0.29, 0.717) is 11.6 Å². The predicted octanol–water partition coefficient (Wildman–Crippen LogP) is 4.83. The Bertz CT molecular complexity index is 870. The average molecular weight is 419 g/mol. The zero-order valence-electron chi connectivity index (χ0n) is 17.6. The van der Waals surface area contributed by atoms with Gasteiger partial charge in [0.15, 0.2) is 0 Å². The van der Waals surface area contributed by atoms with E-state index in [1.165, 1.54) is 12.1 Å². The molecule has 30 heavy (non-hydrogen) atoms. The Kier molecular flexibility index (Phi) is 6.83. The molecular formula is C23H28F3N3O. The Morgan fingerprint density at radius 2 is 1.67 bits per heavy atom. The standard InChI is InChI=1S/C23H28F3N3O/c1-16(2)17-6-8-20(9-7-17)27-22(30)18-4-5-19(21(14-18)23(24,25)26)15-29-12-10-28(3)11-13-29/h4-9,14,16H,10-13,15H2,1-3H3,(H,27,30). The second-order valence-electron chi connectivity index (χ2n) is 8.18. The molecule has 0 aromatic heterocycles. The summed E-state index contributed by atoms with van der Waals surface area (Å²) in [4.78, 5) is 16.7. The number of hydrogen-bond acceptors (Lipinski definition) is 3. The average Bonchev–Trinajstić information content (AvgIpc) is 2.69. The molecule has 1 amide bonds. The van der Waals surface area contributed by atoms with Gasteiger partial charge < -0.3 is 10.2 Å². The predicted molar refractivity (Wildman–Crippen MR) is 113 cm³/mol. The Morgan fingerprint density at radius 1 is 1.03 bits per heavy atom. The number of alkyl halides is 3. The van der Waals surface area contributed by atoms with Gasteiger partial charge in [0.25, 0.3) is 5.91 Å². The van der Waals surface area contributed by atoms with Gasteiger partial charge >= 0.3 is 6.18 Å². The minimum absolute atomic E-state index is 0.00242. The lowest BCUT2D eigenvalue weighted by Gasteiger charge is -2.33. The normalized spacial score (nSPS) is 16.1. The number of piperazine rings is 1. The summed E-state index contributed by atoms with van der Waals surface area (Å²) in [7, 11) is 2.00. The quantitative estimate of drug-likeness (QED) is 0.754. The number of nitrogens with zero attached hydrogens (tertiary/aromatic N) is 2. The Morgan fingerprint density at radius 3 is 2.23 bits per heavy atom. The minimum atomic E-state index is -4.52. The molecule has 0 saturated carbocycles. The van der Waals surface area contributed by atoms with Crippen LogP contribution in [0.3, 0.4) is 0 Å². The van der Waals surface area contributed by atoms with Crippen molar-refractivity contribution in [3.63, 3.8) is 0 Å². The lowest BCUT2D eigenvalue weighted by Crippen LogP contribution is -2.44. The first-order valence-corrected chi connectivity index (χ1v) is 10.2. The monoisotopic (exact) mass is 419 g/mol. The van der Waals surface area contributed by atoms with Crippen molar-refractivity contribution in [3.8, 4) is 0 Å². The molecular weight excluding hydrogens is 391 g/mol. The maximum absolute atomic E-state index is 13.7. The van der Waals surface area contributed by atoms with E-state index in [-0.39, 0.29) is 17.7 Å². The molecule has 0 aliphatic carbocycles. The maximum atomic E-state index is 13.7. The zero-order valence-corrected chi connectivity index (χ0v) is 17.6. The SMILES string of the molecule is CC(C)c1ccc(NC(=O)c2ccc(CN3CCN(C)CC3)c(C(F)(F)F)c2)cc1. The van der Waals surface area contributed by atoms with Gasteiger partial charge in [-0.2, -0.15) is 13.2 Å². The molecule has 0 unspecified atom stereocenters. The summed E-state index contributed by atoms with van der Waals surface area (Å²) < 4.78 is 41.1. The van der Waals surface area contributed by atoms with E-state index in [0.717, 1.165) is 37.8 Å². The third-order valence-electron chi connectivity index (χ3n) is 5.50. The number of carbonyl (C=O) groups is 1. The smallest absolute Gasteiger partial charge is 0.322 e. The number of rotatable bonds is 5. The molecule has 1 aliphatic heterocycles. The van der Waals surface area contributed by atoms with Crippen molar-refractivity contribution in [2.75, 3.05) is 38.5 Å². The molecule has 0 bridgehead atoms. The molecule has 3 rings (SSSR count). The van der Waals surface area contributed by atoms with Gasteiger partial charge in [-0.1, -0.05) is 32.0 Å². The van der Waals surface area contributed by atoms with Crippen LogP contribution in [0.1, 0.15) is 46.8 Å². The summed E-state index contributed by atoms with van der Waals surface area (Å²) in [5, 5.41) is 2.69. The van der Waals surface area contributed by atoms with E-state index in [9.17, 15) is 18.0 Å². The van der Waals surface area contributed by atoms with Crippen molar-refractivity contribution in [2.45, 2.75) is 32.5 Å². The van der Waals surface area contributed by atoms with Crippen LogP contribution in [0.5, 0.6) is 0 Å². The topological polar surface area (TPSA) is 35.6 Å². The van der Waals surface area contributed by atoms with E-state index in [1.807, 2.05) is 24.1 Å². The number of anilines is 1. The highest BCUT2D eigenvalue weighted by Gasteiger charge is 2.34. The van der Waals surface area contributed by atoms with Crippen LogP contribution in [0.15, 0.2) is 42.5 Å². The first kappa shape index (κ1) is 22.3. The summed E-state index contributed by atoms with van der Waals surface area (Å²) in [6, 6.07) is 11.2. The van der Waals surface area contributed by atoms with Gasteiger partial charge in [-0.05, 0) is 48.4 Å². The van der Waals surface area contributed by atoms with E-state index in [4.69, 9.17) is 0 Å². The molecule has 1 heterocycles. The highest BCUT2D eigenvalue weighted by Crippen LogP contribution is 2.33. The van der Waals surface area contributed by atoms with Crippen LogP contribution in [0.25, 0.3) is 0 Å². The molecule has 2 aromatic rings. The van der Waals surface area contributed by atoms with E-state index in [2.05, 4.69) is 24.1 Å². The van der Waals surface area contributed by atoms with Gasteiger partial charge in [0.05, 0.1) is 5.56 Å².